The van der Waals surface area contributed by atoms with E-state index in [1.807, 2.05) is 6.07 Å². The molecule has 0 aliphatic heterocycles. The van der Waals surface area contributed by atoms with Crippen molar-refractivity contribution in [1.29, 1.82) is 0 Å². The maximum Gasteiger partial charge on any atom is 0.100 e. The van der Waals surface area contributed by atoms with Gasteiger partial charge in [0.05, 0.1) is 0 Å². The van der Waals surface area contributed by atoms with Crippen LogP contribution in [0.3, 0.4) is 0 Å². The monoisotopic (exact) mass is 111 g/mol. The Labute approximate surface area is 47.7 Å². The van der Waals surface area contributed by atoms with Gasteiger partial charge in [0.15, 0.2) is 0 Å². The Kier molecular flexibility index (Phi) is 1.22. The summed E-state index contributed by atoms with van der Waals surface area (Å²) in [7, 11) is 0. The van der Waals surface area contributed by atoms with Crippen LogP contribution < -0.4 is 11.5 Å². The summed E-state index contributed by atoms with van der Waals surface area (Å²) in [6, 6.07) is 1.82. The molecule has 1 aromatic heterocycles. The third-order valence-corrected chi connectivity index (χ3v) is 1.00. The van der Waals surface area contributed by atoms with Crippen LogP contribution in [0.25, 0.3) is 0 Å². The summed E-state index contributed by atoms with van der Waals surface area (Å²) in [5.74, 6) is 0.672. The fraction of sp³-hybridized carbons (Fsp3) is 0.200. The van der Waals surface area contributed by atoms with E-state index in [1.54, 1.807) is 6.20 Å². The number of nitrogens with two attached hydrogens (primary N) is 2. The van der Waals surface area contributed by atoms with E-state index in [0.29, 0.717) is 12.4 Å². The third kappa shape index (κ3) is 0.816. The highest BCUT2D eigenvalue weighted by Gasteiger charge is 1.88. The number of nitrogens with one attached hydrogen (secondary N) is 1. The SMILES string of the molecule is NCc1c[nH]c(N)c1. The zero-order chi connectivity index (χ0) is 5.98. The lowest BCUT2D eigenvalue weighted by Crippen LogP contribution is -1.92. The van der Waals surface area contributed by atoms with Crippen molar-refractivity contribution in [2.45, 2.75) is 6.54 Å². The Morgan fingerprint density at radius 1 is 1.62 bits per heavy atom. The molecule has 8 heavy (non-hydrogen) atoms. The standard InChI is InChI=1S/C5H9N3/c6-2-4-1-5(7)8-3-4/h1,3,8H,2,6-7H2. The topological polar surface area (TPSA) is 67.8 Å². The summed E-state index contributed by atoms with van der Waals surface area (Å²) in [5.41, 5.74) is 11.7. The highest BCUT2D eigenvalue weighted by molar-refractivity contribution is 5.32. The number of hydrogen-bond donors (Lipinski definition) is 3. The van der Waals surface area contributed by atoms with E-state index in [-0.39, 0.29) is 0 Å². The van der Waals surface area contributed by atoms with Gasteiger partial charge < -0.3 is 16.5 Å². The van der Waals surface area contributed by atoms with Gasteiger partial charge in [0.2, 0.25) is 0 Å². The number of aromatic nitrogens is 1. The number of anilines is 1. The van der Waals surface area contributed by atoms with Crippen LogP contribution >= 0.6 is 0 Å². The van der Waals surface area contributed by atoms with Crippen molar-refractivity contribution in [1.82, 2.24) is 4.98 Å². The van der Waals surface area contributed by atoms with E-state index in [0.717, 1.165) is 5.56 Å². The van der Waals surface area contributed by atoms with Gasteiger partial charge in [0.1, 0.15) is 5.82 Å². The van der Waals surface area contributed by atoms with Crippen LogP contribution in [0.4, 0.5) is 5.82 Å². The van der Waals surface area contributed by atoms with Gasteiger partial charge in [0.25, 0.3) is 0 Å². The molecule has 0 aliphatic rings. The molecule has 0 radical (unpaired) electrons. The molecule has 3 heteroatoms. The first kappa shape index (κ1) is 5.18. The first-order valence-corrected chi connectivity index (χ1v) is 2.46. The Morgan fingerprint density at radius 3 is 2.62 bits per heavy atom. The summed E-state index contributed by atoms with van der Waals surface area (Å²) in [5, 5.41) is 0. The Bertz CT molecular complexity index is 168. The second-order valence-electron chi connectivity index (χ2n) is 1.67. The minimum Gasteiger partial charge on any atom is -0.385 e. The Hall–Kier alpha value is -0.960. The van der Waals surface area contributed by atoms with Crippen LogP contribution in [0.2, 0.25) is 0 Å². The second-order valence-corrected chi connectivity index (χ2v) is 1.67. The molecule has 0 atom stereocenters. The van der Waals surface area contributed by atoms with Gasteiger partial charge in [-0.2, -0.15) is 0 Å². The fourth-order valence-corrected chi connectivity index (χ4v) is 0.577. The molecule has 0 unspecified atom stereocenters. The molecule has 1 rings (SSSR count). The van der Waals surface area contributed by atoms with E-state index in [2.05, 4.69) is 4.98 Å². The van der Waals surface area contributed by atoms with E-state index in [9.17, 15) is 0 Å². The molecule has 0 aromatic carbocycles. The van der Waals surface area contributed by atoms with Gasteiger partial charge in [-0.25, -0.2) is 0 Å². The van der Waals surface area contributed by atoms with Crippen molar-refractivity contribution in [2.24, 2.45) is 5.73 Å². The molecule has 0 spiro atoms. The van der Waals surface area contributed by atoms with E-state index < -0.39 is 0 Å². The summed E-state index contributed by atoms with van der Waals surface area (Å²) in [6.07, 6.45) is 1.80. The van der Waals surface area contributed by atoms with E-state index >= 15 is 0 Å². The zero-order valence-corrected chi connectivity index (χ0v) is 4.52. The molecule has 0 saturated heterocycles. The van der Waals surface area contributed by atoms with Crippen molar-refractivity contribution in [2.75, 3.05) is 5.73 Å². The Balaban J connectivity index is 2.84. The molecule has 1 heterocycles. The Morgan fingerprint density at radius 2 is 2.38 bits per heavy atom. The molecule has 44 valence electrons. The van der Waals surface area contributed by atoms with E-state index in [1.165, 1.54) is 0 Å². The minimum absolute atomic E-state index is 0.549. The average molecular weight is 111 g/mol. The van der Waals surface area contributed by atoms with Crippen molar-refractivity contribution in [3.05, 3.63) is 17.8 Å². The summed E-state index contributed by atoms with van der Waals surface area (Å²) >= 11 is 0. The smallest absolute Gasteiger partial charge is 0.100 e. The molecule has 0 amide bonds. The van der Waals surface area contributed by atoms with Crippen LogP contribution in [-0.4, -0.2) is 4.98 Å². The van der Waals surface area contributed by atoms with Crippen LogP contribution in [0, 0.1) is 0 Å². The van der Waals surface area contributed by atoms with Crippen molar-refractivity contribution in [3.63, 3.8) is 0 Å². The number of nitrogen functional groups attached to an aromatic ring is 1. The predicted octanol–water partition coefficient (Wildman–Crippen LogP) is 0.0556. The number of rotatable bonds is 1. The molecular weight excluding hydrogens is 102 g/mol. The molecule has 0 saturated carbocycles. The number of hydrogen-bond acceptors (Lipinski definition) is 2. The van der Waals surface area contributed by atoms with Crippen LogP contribution in [0.15, 0.2) is 12.3 Å². The number of aromatic amines is 1. The van der Waals surface area contributed by atoms with Gasteiger partial charge in [-0.3, -0.25) is 0 Å². The normalized spacial score (nSPS) is 9.62. The van der Waals surface area contributed by atoms with E-state index in [4.69, 9.17) is 11.5 Å². The van der Waals surface area contributed by atoms with Crippen LogP contribution in [-0.2, 0) is 6.54 Å². The van der Waals surface area contributed by atoms with Crippen molar-refractivity contribution in [3.8, 4) is 0 Å². The van der Waals surface area contributed by atoms with Crippen LogP contribution in [0.5, 0.6) is 0 Å². The van der Waals surface area contributed by atoms with Crippen molar-refractivity contribution < 1.29 is 0 Å². The zero-order valence-electron chi connectivity index (χ0n) is 4.52. The minimum atomic E-state index is 0.549. The van der Waals surface area contributed by atoms with Crippen molar-refractivity contribution >= 4 is 5.82 Å². The molecular formula is C5H9N3. The highest BCUT2D eigenvalue weighted by atomic mass is 14.8. The predicted molar refractivity (Wildman–Crippen MR) is 33.1 cm³/mol. The molecule has 0 bridgehead atoms. The third-order valence-electron chi connectivity index (χ3n) is 1.00. The van der Waals surface area contributed by atoms with Gasteiger partial charge in [0, 0.05) is 12.7 Å². The number of H-pyrrole nitrogens is 1. The lowest BCUT2D eigenvalue weighted by molar-refractivity contribution is 1.07. The van der Waals surface area contributed by atoms with Crippen LogP contribution in [0.1, 0.15) is 5.56 Å². The average Bonchev–Trinajstić information content (AvgIpc) is 2.14. The summed E-state index contributed by atoms with van der Waals surface area (Å²) in [6.45, 7) is 0.549. The molecule has 1 aromatic rings. The molecule has 5 N–H and O–H groups in total. The van der Waals surface area contributed by atoms with Gasteiger partial charge >= 0.3 is 0 Å². The summed E-state index contributed by atoms with van der Waals surface area (Å²) in [4.78, 5) is 2.82. The largest absolute Gasteiger partial charge is 0.385 e. The van der Waals surface area contributed by atoms with Gasteiger partial charge in [-0.15, -0.1) is 0 Å². The second kappa shape index (κ2) is 1.88. The summed E-state index contributed by atoms with van der Waals surface area (Å²) < 4.78 is 0. The lowest BCUT2D eigenvalue weighted by Gasteiger charge is -1.80. The van der Waals surface area contributed by atoms with Gasteiger partial charge in [-0.1, -0.05) is 0 Å². The molecule has 0 fully saturated rings. The van der Waals surface area contributed by atoms with Gasteiger partial charge in [-0.05, 0) is 11.6 Å². The lowest BCUT2D eigenvalue weighted by atomic mass is 10.3. The maximum absolute atomic E-state index is 5.34. The quantitative estimate of drug-likeness (QED) is 0.479. The molecule has 0 aliphatic carbocycles. The first-order chi connectivity index (χ1) is 3.83. The first-order valence-electron chi connectivity index (χ1n) is 2.46. The fourth-order valence-electron chi connectivity index (χ4n) is 0.577. The highest BCUT2D eigenvalue weighted by Crippen LogP contribution is 2.01. The molecule has 3 nitrogen and oxygen atoms in total. The maximum atomic E-state index is 5.34.